The van der Waals surface area contributed by atoms with Crippen LogP contribution in [-0.2, 0) is 4.79 Å². The Morgan fingerprint density at radius 3 is 2.73 bits per heavy atom. The molecule has 0 atom stereocenters. The third-order valence-corrected chi connectivity index (χ3v) is 1.33. The van der Waals surface area contributed by atoms with Crippen LogP contribution in [-0.4, -0.2) is 13.0 Å². The normalized spacial score (nSPS) is 12.0. The monoisotopic (exact) mass is 153 g/mol. The first-order chi connectivity index (χ1) is 5.35. The van der Waals surface area contributed by atoms with Crippen molar-refractivity contribution < 1.29 is 4.79 Å². The summed E-state index contributed by atoms with van der Waals surface area (Å²) >= 11 is 0. The van der Waals surface area contributed by atoms with Crippen molar-refractivity contribution in [2.45, 2.75) is 20.3 Å². The van der Waals surface area contributed by atoms with Crippen molar-refractivity contribution in [2.24, 2.45) is 0 Å². The van der Waals surface area contributed by atoms with E-state index in [4.69, 9.17) is 0 Å². The van der Waals surface area contributed by atoms with E-state index in [1.807, 2.05) is 19.1 Å². The van der Waals surface area contributed by atoms with Crippen molar-refractivity contribution in [3.8, 4) is 0 Å². The van der Waals surface area contributed by atoms with Gasteiger partial charge >= 0.3 is 0 Å². The molecule has 2 heteroatoms. The van der Waals surface area contributed by atoms with E-state index in [0.717, 1.165) is 12.0 Å². The number of allylic oxidation sites excluding steroid dienone is 2. The van der Waals surface area contributed by atoms with Crippen LogP contribution in [0.3, 0.4) is 0 Å². The first kappa shape index (κ1) is 9.95. The van der Waals surface area contributed by atoms with E-state index in [0.29, 0.717) is 13.0 Å². The second-order valence-electron chi connectivity index (χ2n) is 2.17. The molecule has 0 spiro atoms. The Labute approximate surface area is 68.0 Å². The van der Waals surface area contributed by atoms with E-state index in [1.165, 1.54) is 0 Å². The molecule has 0 aromatic rings. The summed E-state index contributed by atoms with van der Waals surface area (Å²) in [7, 11) is 0. The standard InChI is InChI=1S/C9H15NO/c1-3-5-6-9(4-2)7-10-8-11/h4-6,8H,3,7H2,1-2H3,(H,10,11)/b6-5-,9-4+. The molecule has 0 aromatic carbocycles. The van der Waals surface area contributed by atoms with E-state index in [-0.39, 0.29) is 0 Å². The average molecular weight is 153 g/mol. The second-order valence-corrected chi connectivity index (χ2v) is 2.17. The topological polar surface area (TPSA) is 29.1 Å². The fourth-order valence-corrected chi connectivity index (χ4v) is 0.686. The zero-order valence-corrected chi connectivity index (χ0v) is 7.13. The number of hydrogen-bond donors (Lipinski definition) is 1. The maximum atomic E-state index is 9.94. The Morgan fingerprint density at radius 1 is 1.55 bits per heavy atom. The van der Waals surface area contributed by atoms with Gasteiger partial charge in [-0.05, 0) is 18.9 Å². The molecule has 0 saturated carbocycles. The Balaban J connectivity index is 3.77. The fraction of sp³-hybridized carbons (Fsp3) is 0.444. The first-order valence-electron chi connectivity index (χ1n) is 3.83. The number of rotatable bonds is 5. The van der Waals surface area contributed by atoms with Gasteiger partial charge in [0.05, 0.1) is 0 Å². The molecule has 11 heavy (non-hydrogen) atoms. The van der Waals surface area contributed by atoms with Crippen molar-refractivity contribution in [3.05, 3.63) is 23.8 Å². The molecule has 0 bridgehead atoms. The molecular weight excluding hydrogens is 138 g/mol. The summed E-state index contributed by atoms with van der Waals surface area (Å²) in [5.74, 6) is 0. The van der Waals surface area contributed by atoms with Crippen LogP contribution in [0.4, 0.5) is 0 Å². The van der Waals surface area contributed by atoms with Gasteiger partial charge in [0.1, 0.15) is 0 Å². The van der Waals surface area contributed by atoms with Crippen molar-refractivity contribution in [1.29, 1.82) is 0 Å². The predicted octanol–water partition coefficient (Wildman–Crippen LogP) is 1.64. The number of carbonyl (C=O) groups is 1. The number of hydrogen-bond acceptors (Lipinski definition) is 1. The lowest BCUT2D eigenvalue weighted by atomic mass is 10.2. The highest BCUT2D eigenvalue weighted by atomic mass is 16.1. The maximum absolute atomic E-state index is 9.94. The van der Waals surface area contributed by atoms with Gasteiger partial charge < -0.3 is 5.32 Å². The minimum Gasteiger partial charge on any atom is -0.355 e. The van der Waals surface area contributed by atoms with E-state index in [2.05, 4.69) is 18.3 Å². The maximum Gasteiger partial charge on any atom is 0.207 e. The summed E-state index contributed by atoms with van der Waals surface area (Å²) in [6, 6.07) is 0. The summed E-state index contributed by atoms with van der Waals surface area (Å²) in [6.07, 6.45) is 7.82. The van der Waals surface area contributed by atoms with Crippen LogP contribution in [0.2, 0.25) is 0 Å². The first-order valence-corrected chi connectivity index (χ1v) is 3.83. The van der Waals surface area contributed by atoms with Gasteiger partial charge in [0.25, 0.3) is 0 Å². The van der Waals surface area contributed by atoms with Crippen LogP contribution in [0.25, 0.3) is 0 Å². The Kier molecular flexibility index (Phi) is 6.39. The number of nitrogens with one attached hydrogen (secondary N) is 1. The van der Waals surface area contributed by atoms with Gasteiger partial charge in [-0.2, -0.15) is 0 Å². The van der Waals surface area contributed by atoms with Crippen LogP contribution < -0.4 is 5.32 Å². The highest BCUT2D eigenvalue weighted by molar-refractivity contribution is 5.47. The van der Waals surface area contributed by atoms with E-state index < -0.39 is 0 Å². The molecule has 0 heterocycles. The lowest BCUT2D eigenvalue weighted by Crippen LogP contribution is -2.13. The molecular formula is C9H15NO. The lowest BCUT2D eigenvalue weighted by molar-refractivity contribution is -0.109. The summed E-state index contributed by atoms with van der Waals surface area (Å²) < 4.78 is 0. The minimum absolute atomic E-state index is 0.622. The van der Waals surface area contributed by atoms with Crippen LogP contribution in [0.15, 0.2) is 23.8 Å². The van der Waals surface area contributed by atoms with Gasteiger partial charge in [-0.1, -0.05) is 25.2 Å². The van der Waals surface area contributed by atoms with Crippen LogP contribution in [0.5, 0.6) is 0 Å². The zero-order valence-electron chi connectivity index (χ0n) is 7.13. The number of amides is 1. The summed E-state index contributed by atoms with van der Waals surface area (Å²) in [6.45, 7) is 4.66. The highest BCUT2D eigenvalue weighted by Gasteiger charge is 1.86. The second kappa shape index (κ2) is 7.06. The SMILES string of the molecule is C/C=C(\C=C/CC)CNC=O. The van der Waals surface area contributed by atoms with Crippen LogP contribution >= 0.6 is 0 Å². The van der Waals surface area contributed by atoms with E-state index in [1.54, 1.807) is 0 Å². The van der Waals surface area contributed by atoms with Crippen molar-refractivity contribution in [3.63, 3.8) is 0 Å². The van der Waals surface area contributed by atoms with Crippen LogP contribution in [0.1, 0.15) is 20.3 Å². The molecule has 0 aromatic heterocycles. The van der Waals surface area contributed by atoms with Crippen molar-refractivity contribution >= 4 is 6.41 Å². The van der Waals surface area contributed by atoms with Gasteiger partial charge in [0.2, 0.25) is 6.41 Å². The van der Waals surface area contributed by atoms with Gasteiger partial charge in [-0.25, -0.2) is 0 Å². The summed E-state index contributed by atoms with van der Waals surface area (Å²) in [4.78, 5) is 9.94. The molecule has 0 rings (SSSR count). The predicted molar refractivity (Wildman–Crippen MR) is 47.3 cm³/mol. The zero-order chi connectivity index (χ0) is 8.53. The smallest absolute Gasteiger partial charge is 0.207 e. The highest BCUT2D eigenvalue weighted by Crippen LogP contribution is 1.95. The Bertz CT molecular complexity index is 159. The average Bonchev–Trinajstić information content (AvgIpc) is 2.05. The van der Waals surface area contributed by atoms with Crippen molar-refractivity contribution in [2.75, 3.05) is 6.54 Å². The van der Waals surface area contributed by atoms with Crippen LogP contribution in [0, 0.1) is 0 Å². The molecule has 1 amide bonds. The summed E-state index contributed by atoms with van der Waals surface area (Å²) in [5, 5.41) is 2.61. The fourth-order valence-electron chi connectivity index (χ4n) is 0.686. The molecule has 1 N–H and O–H groups in total. The number of carbonyl (C=O) groups excluding carboxylic acids is 1. The molecule has 62 valence electrons. The van der Waals surface area contributed by atoms with E-state index in [9.17, 15) is 4.79 Å². The third kappa shape index (κ3) is 5.40. The van der Waals surface area contributed by atoms with Crippen molar-refractivity contribution in [1.82, 2.24) is 5.32 Å². The summed E-state index contributed by atoms with van der Waals surface area (Å²) in [5.41, 5.74) is 1.14. The largest absolute Gasteiger partial charge is 0.355 e. The molecule has 0 aliphatic heterocycles. The lowest BCUT2D eigenvalue weighted by Gasteiger charge is -1.97. The third-order valence-electron chi connectivity index (χ3n) is 1.33. The quantitative estimate of drug-likeness (QED) is 0.472. The Morgan fingerprint density at radius 2 is 2.27 bits per heavy atom. The van der Waals surface area contributed by atoms with Gasteiger partial charge in [-0.3, -0.25) is 4.79 Å². The van der Waals surface area contributed by atoms with Gasteiger partial charge in [0, 0.05) is 6.54 Å². The van der Waals surface area contributed by atoms with Gasteiger partial charge in [0.15, 0.2) is 0 Å². The molecule has 0 radical (unpaired) electrons. The molecule has 0 aliphatic carbocycles. The molecule has 0 saturated heterocycles. The Hall–Kier alpha value is -1.05. The molecule has 2 nitrogen and oxygen atoms in total. The molecule has 0 aliphatic rings. The minimum atomic E-state index is 0.622. The van der Waals surface area contributed by atoms with Gasteiger partial charge in [-0.15, -0.1) is 0 Å². The molecule has 0 fully saturated rings. The molecule has 0 unspecified atom stereocenters. The van der Waals surface area contributed by atoms with E-state index >= 15 is 0 Å².